The molecule has 0 heterocycles. The molecule has 0 saturated carbocycles. The first-order valence-electron chi connectivity index (χ1n) is 6.82. The number of nitro groups is 1. The summed E-state index contributed by atoms with van der Waals surface area (Å²) in [5, 5.41) is 24.5. The number of nitro benzene ring substituents is 1. The number of carbonyl (C=O) groups is 2. The number of nitrogens with zero attached hydrogens (tertiary/aromatic N) is 1. The molecule has 0 saturated heterocycles. The van der Waals surface area contributed by atoms with Crippen molar-refractivity contribution >= 4 is 23.3 Å². The third-order valence-corrected chi connectivity index (χ3v) is 3.75. The van der Waals surface area contributed by atoms with Gasteiger partial charge in [0.2, 0.25) is 5.91 Å². The van der Waals surface area contributed by atoms with E-state index in [0.717, 1.165) is 0 Å². The highest BCUT2D eigenvalue weighted by atomic mass is 16.6. The van der Waals surface area contributed by atoms with E-state index < -0.39 is 28.6 Å². The summed E-state index contributed by atoms with van der Waals surface area (Å²) in [7, 11) is 0. The predicted molar refractivity (Wildman–Crippen MR) is 76.8 cm³/mol. The number of hydrogen-bond donors (Lipinski definition) is 1. The van der Waals surface area contributed by atoms with E-state index in [-0.39, 0.29) is 17.8 Å². The maximum Gasteiger partial charge on any atom is 0.274 e. The first-order valence-corrected chi connectivity index (χ1v) is 6.82. The Kier molecular flexibility index (Phi) is 4.55. The molecular formula is C15H15N2O5-. The zero-order valence-electron chi connectivity index (χ0n) is 11.9. The largest absolute Gasteiger partial charge is 0.550 e. The van der Waals surface area contributed by atoms with E-state index in [1.807, 2.05) is 0 Å². The molecule has 1 aromatic rings. The first kappa shape index (κ1) is 15.7. The standard InChI is InChI=1S/C15H16N2O5/c1-9-6-7-10(8-13(9)17(21)22)16-14(18)11-4-2-3-5-12(11)15(19)20/h2-3,6-8,11-12H,4-5H2,1H3,(H,16,18)(H,19,20)/p-1/t11-,12+/m1/s1. The van der Waals surface area contributed by atoms with Crippen LogP contribution >= 0.6 is 0 Å². The summed E-state index contributed by atoms with van der Waals surface area (Å²) in [5.74, 6) is -3.36. The van der Waals surface area contributed by atoms with Gasteiger partial charge in [-0.3, -0.25) is 14.9 Å². The normalized spacial score (nSPS) is 20.4. The number of nitrogens with one attached hydrogen (secondary N) is 1. The Morgan fingerprint density at radius 1 is 1.23 bits per heavy atom. The van der Waals surface area contributed by atoms with Gasteiger partial charge in [0.1, 0.15) is 0 Å². The molecule has 0 spiro atoms. The zero-order chi connectivity index (χ0) is 16.3. The van der Waals surface area contributed by atoms with E-state index in [0.29, 0.717) is 12.0 Å². The zero-order valence-corrected chi connectivity index (χ0v) is 11.9. The van der Waals surface area contributed by atoms with Crippen LogP contribution < -0.4 is 10.4 Å². The number of carboxylic acids is 1. The number of aliphatic carboxylic acids is 1. The molecule has 0 aromatic heterocycles. The number of carboxylic acid groups (broad SMARTS) is 1. The molecule has 2 rings (SSSR count). The van der Waals surface area contributed by atoms with Crippen molar-refractivity contribution in [3.63, 3.8) is 0 Å². The lowest BCUT2D eigenvalue weighted by molar-refractivity contribution is -0.385. The van der Waals surface area contributed by atoms with Crippen LogP contribution in [0.4, 0.5) is 11.4 Å². The number of hydrogen-bond acceptors (Lipinski definition) is 5. The molecule has 2 atom stereocenters. The van der Waals surface area contributed by atoms with Crippen molar-refractivity contribution in [2.75, 3.05) is 5.32 Å². The molecule has 0 unspecified atom stereocenters. The van der Waals surface area contributed by atoms with Gasteiger partial charge in [0.25, 0.3) is 5.69 Å². The Labute approximate surface area is 126 Å². The summed E-state index contributed by atoms with van der Waals surface area (Å²) in [6.07, 6.45) is 4.01. The van der Waals surface area contributed by atoms with Crippen molar-refractivity contribution in [1.29, 1.82) is 0 Å². The molecule has 7 nitrogen and oxygen atoms in total. The number of anilines is 1. The second-order valence-electron chi connectivity index (χ2n) is 5.22. The Morgan fingerprint density at radius 3 is 2.45 bits per heavy atom. The lowest BCUT2D eigenvalue weighted by Gasteiger charge is -2.28. The van der Waals surface area contributed by atoms with Crippen LogP contribution in [0.15, 0.2) is 30.4 Å². The van der Waals surface area contributed by atoms with Crippen molar-refractivity contribution in [3.8, 4) is 0 Å². The fraction of sp³-hybridized carbons (Fsp3) is 0.333. The van der Waals surface area contributed by atoms with Gasteiger partial charge in [-0.25, -0.2) is 0 Å². The number of benzene rings is 1. The Balaban J connectivity index is 2.18. The quantitative estimate of drug-likeness (QED) is 0.509. The molecule has 116 valence electrons. The minimum Gasteiger partial charge on any atom is -0.550 e. The minimum absolute atomic E-state index is 0.0993. The van der Waals surface area contributed by atoms with Gasteiger partial charge in [-0.1, -0.05) is 18.2 Å². The molecule has 1 amide bonds. The maximum atomic E-state index is 12.2. The van der Waals surface area contributed by atoms with Crippen LogP contribution in [0.3, 0.4) is 0 Å². The summed E-state index contributed by atoms with van der Waals surface area (Å²) in [6.45, 7) is 1.60. The summed E-state index contributed by atoms with van der Waals surface area (Å²) >= 11 is 0. The fourth-order valence-corrected chi connectivity index (χ4v) is 2.48. The average molecular weight is 303 g/mol. The summed E-state index contributed by atoms with van der Waals surface area (Å²) in [5.41, 5.74) is 0.656. The third-order valence-electron chi connectivity index (χ3n) is 3.75. The van der Waals surface area contributed by atoms with Gasteiger partial charge in [-0.2, -0.15) is 0 Å². The van der Waals surface area contributed by atoms with Crippen molar-refractivity contribution in [2.24, 2.45) is 11.8 Å². The second kappa shape index (κ2) is 6.38. The van der Waals surface area contributed by atoms with E-state index >= 15 is 0 Å². The third kappa shape index (κ3) is 3.30. The van der Waals surface area contributed by atoms with E-state index in [1.165, 1.54) is 12.1 Å². The summed E-state index contributed by atoms with van der Waals surface area (Å²) in [6, 6.07) is 4.34. The smallest absolute Gasteiger partial charge is 0.274 e. The Bertz CT molecular complexity index is 653. The van der Waals surface area contributed by atoms with Crippen LogP contribution in [-0.2, 0) is 9.59 Å². The van der Waals surface area contributed by atoms with E-state index in [9.17, 15) is 24.8 Å². The highest BCUT2D eigenvalue weighted by Gasteiger charge is 2.30. The van der Waals surface area contributed by atoms with E-state index in [2.05, 4.69) is 5.32 Å². The average Bonchev–Trinajstić information content (AvgIpc) is 2.48. The highest BCUT2D eigenvalue weighted by Crippen LogP contribution is 2.28. The molecule has 0 radical (unpaired) electrons. The number of amides is 1. The monoisotopic (exact) mass is 303 g/mol. The molecule has 1 N–H and O–H groups in total. The van der Waals surface area contributed by atoms with Gasteiger partial charge in [0.15, 0.2) is 0 Å². The van der Waals surface area contributed by atoms with Gasteiger partial charge < -0.3 is 15.2 Å². The number of allylic oxidation sites excluding steroid dienone is 2. The fourth-order valence-electron chi connectivity index (χ4n) is 2.48. The first-order chi connectivity index (χ1) is 10.4. The molecule has 1 aromatic carbocycles. The van der Waals surface area contributed by atoms with E-state index in [4.69, 9.17) is 0 Å². The molecule has 1 aliphatic rings. The number of aryl methyl sites for hydroxylation is 1. The van der Waals surface area contributed by atoms with Crippen LogP contribution in [0.5, 0.6) is 0 Å². The molecule has 0 aliphatic heterocycles. The van der Waals surface area contributed by atoms with Gasteiger partial charge in [-0.15, -0.1) is 0 Å². The topological polar surface area (TPSA) is 112 Å². The SMILES string of the molecule is Cc1ccc(NC(=O)[C@@H]2CC=CC[C@@H]2C(=O)[O-])cc1[N+](=O)[O-]. The predicted octanol–water partition coefficient (Wildman–Crippen LogP) is 1.17. The molecular weight excluding hydrogens is 288 g/mol. The maximum absolute atomic E-state index is 12.2. The van der Waals surface area contributed by atoms with Crippen LogP contribution in [-0.4, -0.2) is 16.8 Å². The van der Waals surface area contributed by atoms with E-state index in [1.54, 1.807) is 25.1 Å². The summed E-state index contributed by atoms with van der Waals surface area (Å²) < 4.78 is 0. The lowest BCUT2D eigenvalue weighted by atomic mass is 9.82. The lowest BCUT2D eigenvalue weighted by Crippen LogP contribution is -2.41. The Hall–Kier alpha value is -2.70. The second-order valence-corrected chi connectivity index (χ2v) is 5.22. The van der Waals surface area contributed by atoms with Crippen LogP contribution in [0.25, 0.3) is 0 Å². The minimum atomic E-state index is -1.26. The molecule has 1 aliphatic carbocycles. The van der Waals surface area contributed by atoms with Crippen LogP contribution in [0.2, 0.25) is 0 Å². The van der Waals surface area contributed by atoms with Crippen molar-refractivity contribution in [1.82, 2.24) is 0 Å². The van der Waals surface area contributed by atoms with Gasteiger partial charge in [-0.05, 0) is 25.8 Å². The molecule has 7 heteroatoms. The number of rotatable bonds is 4. The van der Waals surface area contributed by atoms with Crippen molar-refractivity contribution in [3.05, 3.63) is 46.0 Å². The molecule has 0 bridgehead atoms. The van der Waals surface area contributed by atoms with Gasteiger partial charge in [0, 0.05) is 29.2 Å². The van der Waals surface area contributed by atoms with Crippen molar-refractivity contribution in [2.45, 2.75) is 19.8 Å². The van der Waals surface area contributed by atoms with Crippen LogP contribution in [0.1, 0.15) is 18.4 Å². The molecule has 0 fully saturated rings. The summed E-state index contributed by atoms with van der Waals surface area (Å²) in [4.78, 5) is 33.7. The highest BCUT2D eigenvalue weighted by molar-refractivity contribution is 5.95. The van der Waals surface area contributed by atoms with Crippen LogP contribution in [0, 0.1) is 28.9 Å². The van der Waals surface area contributed by atoms with Gasteiger partial charge in [0.05, 0.1) is 10.8 Å². The van der Waals surface area contributed by atoms with Crippen molar-refractivity contribution < 1.29 is 19.6 Å². The molecule has 22 heavy (non-hydrogen) atoms. The van der Waals surface area contributed by atoms with Gasteiger partial charge >= 0.3 is 0 Å². The Morgan fingerprint density at radius 2 is 1.86 bits per heavy atom. The number of carbonyl (C=O) groups excluding carboxylic acids is 2.